The molecule has 22 heavy (non-hydrogen) atoms. The van der Waals surface area contributed by atoms with Crippen LogP contribution in [0.25, 0.3) is 0 Å². The molecular weight excluding hydrogens is 272 g/mol. The molecular formula is C19H26N2O. The molecule has 1 aromatic rings. The molecule has 2 aliphatic rings. The Kier molecular flexibility index (Phi) is 4.81. The Morgan fingerprint density at radius 1 is 1.23 bits per heavy atom. The van der Waals surface area contributed by atoms with Gasteiger partial charge in [-0.2, -0.15) is 5.26 Å². The first-order chi connectivity index (χ1) is 10.7. The number of aliphatic hydroxyl groups is 1. The van der Waals surface area contributed by atoms with Gasteiger partial charge in [0.1, 0.15) is 0 Å². The summed E-state index contributed by atoms with van der Waals surface area (Å²) in [6, 6.07) is 9.66. The number of benzene rings is 1. The summed E-state index contributed by atoms with van der Waals surface area (Å²) in [6.45, 7) is 3.78. The quantitative estimate of drug-likeness (QED) is 0.926. The second-order valence-corrected chi connectivity index (χ2v) is 7.00. The van der Waals surface area contributed by atoms with Crippen LogP contribution in [0.2, 0.25) is 0 Å². The van der Waals surface area contributed by atoms with Gasteiger partial charge in [0.25, 0.3) is 0 Å². The van der Waals surface area contributed by atoms with Gasteiger partial charge < -0.3 is 10.0 Å². The molecule has 1 aliphatic heterocycles. The highest BCUT2D eigenvalue weighted by molar-refractivity contribution is 5.35. The van der Waals surface area contributed by atoms with Crippen molar-refractivity contribution in [1.29, 1.82) is 5.26 Å². The van der Waals surface area contributed by atoms with E-state index in [9.17, 15) is 5.11 Å². The molecule has 0 spiro atoms. The van der Waals surface area contributed by atoms with Gasteiger partial charge in [-0.25, -0.2) is 0 Å². The molecule has 0 radical (unpaired) electrons. The maximum atomic E-state index is 10.9. The SMILES string of the molecule is N#Cc1cccc([C@]2(O)CC[C@H](CCN3CCCC3)CC2)c1. The van der Waals surface area contributed by atoms with Crippen LogP contribution >= 0.6 is 0 Å². The van der Waals surface area contributed by atoms with E-state index < -0.39 is 5.60 Å². The summed E-state index contributed by atoms with van der Waals surface area (Å²) in [7, 11) is 0. The fourth-order valence-corrected chi connectivity index (χ4v) is 3.98. The Labute approximate surface area is 133 Å². The zero-order valence-corrected chi connectivity index (χ0v) is 13.3. The molecule has 3 rings (SSSR count). The van der Waals surface area contributed by atoms with E-state index in [0.29, 0.717) is 5.56 Å². The van der Waals surface area contributed by atoms with Gasteiger partial charge in [-0.05, 0) is 88.2 Å². The molecule has 0 amide bonds. The number of likely N-dealkylation sites (tertiary alicyclic amines) is 1. The lowest BCUT2D eigenvalue weighted by Crippen LogP contribution is -2.32. The Morgan fingerprint density at radius 3 is 2.64 bits per heavy atom. The van der Waals surface area contributed by atoms with E-state index in [1.165, 1.54) is 38.9 Å². The minimum Gasteiger partial charge on any atom is -0.385 e. The minimum atomic E-state index is -0.725. The van der Waals surface area contributed by atoms with Crippen molar-refractivity contribution in [1.82, 2.24) is 4.90 Å². The Morgan fingerprint density at radius 2 is 1.95 bits per heavy atom. The Hall–Kier alpha value is -1.37. The number of rotatable bonds is 4. The normalized spacial score (nSPS) is 29.4. The van der Waals surface area contributed by atoms with Crippen molar-refractivity contribution in [2.75, 3.05) is 19.6 Å². The van der Waals surface area contributed by atoms with E-state index in [4.69, 9.17) is 5.26 Å². The van der Waals surface area contributed by atoms with Crippen LogP contribution in [0, 0.1) is 17.2 Å². The molecule has 0 unspecified atom stereocenters. The average molecular weight is 298 g/mol. The Bertz CT molecular complexity index is 535. The summed E-state index contributed by atoms with van der Waals surface area (Å²) < 4.78 is 0. The van der Waals surface area contributed by atoms with Gasteiger partial charge in [-0.3, -0.25) is 0 Å². The standard InChI is InChI=1S/C19H26N2O/c20-15-17-4-3-5-18(14-17)19(22)9-6-16(7-10-19)8-13-21-11-1-2-12-21/h3-5,14,16,22H,1-2,6-13H2/t16-,19-. The van der Waals surface area contributed by atoms with Gasteiger partial charge in [0.15, 0.2) is 0 Å². The monoisotopic (exact) mass is 298 g/mol. The summed E-state index contributed by atoms with van der Waals surface area (Å²) in [5.41, 5.74) is 0.836. The van der Waals surface area contributed by atoms with E-state index in [2.05, 4.69) is 11.0 Å². The number of hydrogen-bond acceptors (Lipinski definition) is 3. The van der Waals surface area contributed by atoms with Crippen molar-refractivity contribution in [2.24, 2.45) is 5.92 Å². The lowest BCUT2D eigenvalue weighted by molar-refractivity contribution is -0.0159. The third kappa shape index (κ3) is 3.51. The zero-order chi connectivity index (χ0) is 15.4. The highest BCUT2D eigenvalue weighted by atomic mass is 16.3. The van der Waals surface area contributed by atoms with Crippen LogP contribution in [0.5, 0.6) is 0 Å². The van der Waals surface area contributed by atoms with Crippen LogP contribution in [-0.4, -0.2) is 29.6 Å². The van der Waals surface area contributed by atoms with Crippen LogP contribution in [0.4, 0.5) is 0 Å². The topological polar surface area (TPSA) is 47.3 Å². The summed E-state index contributed by atoms with van der Waals surface area (Å²) >= 11 is 0. The van der Waals surface area contributed by atoms with Crippen molar-refractivity contribution in [2.45, 2.75) is 50.5 Å². The van der Waals surface area contributed by atoms with Gasteiger partial charge in [-0.15, -0.1) is 0 Å². The first-order valence-corrected chi connectivity index (χ1v) is 8.65. The van der Waals surface area contributed by atoms with Crippen LogP contribution in [0.3, 0.4) is 0 Å². The van der Waals surface area contributed by atoms with E-state index in [-0.39, 0.29) is 0 Å². The van der Waals surface area contributed by atoms with Crippen LogP contribution in [-0.2, 0) is 5.60 Å². The second-order valence-electron chi connectivity index (χ2n) is 7.00. The molecule has 1 N–H and O–H groups in total. The molecule has 0 bridgehead atoms. The third-order valence-electron chi connectivity index (χ3n) is 5.51. The van der Waals surface area contributed by atoms with E-state index >= 15 is 0 Å². The molecule has 1 aromatic carbocycles. The lowest BCUT2D eigenvalue weighted by Gasteiger charge is -2.37. The van der Waals surface area contributed by atoms with Gasteiger partial charge in [0.2, 0.25) is 0 Å². The molecule has 1 aliphatic carbocycles. The molecule has 3 heteroatoms. The summed E-state index contributed by atoms with van der Waals surface area (Å²) in [6.07, 6.45) is 7.84. The third-order valence-corrected chi connectivity index (χ3v) is 5.51. The maximum absolute atomic E-state index is 10.9. The molecule has 3 nitrogen and oxygen atoms in total. The molecule has 2 fully saturated rings. The van der Waals surface area contributed by atoms with Crippen LogP contribution < -0.4 is 0 Å². The van der Waals surface area contributed by atoms with Crippen LogP contribution in [0.1, 0.15) is 56.1 Å². The fourth-order valence-electron chi connectivity index (χ4n) is 3.98. The summed E-state index contributed by atoms with van der Waals surface area (Å²) in [5.74, 6) is 0.750. The van der Waals surface area contributed by atoms with Crippen molar-refractivity contribution < 1.29 is 5.11 Å². The smallest absolute Gasteiger partial charge is 0.0991 e. The highest BCUT2D eigenvalue weighted by Gasteiger charge is 2.34. The number of nitriles is 1. The van der Waals surface area contributed by atoms with Crippen LogP contribution in [0.15, 0.2) is 24.3 Å². The van der Waals surface area contributed by atoms with Crippen molar-refractivity contribution >= 4 is 0 Å². The van der Waals surface area contributed by atoms with Crippen molar-refractivity contribution in [3.63, 3.8) is 0 Å². The Balaban J connectivity index is 1.54. The average Bonchev–Trinajstić information content (AvgIpc) is 3.08. The predicted octanol–water partition coefficient (Wildman–Crippen LogP) is 3.42. The predicted molar refractivity (Wildman–Crippen MR) is 87.3 cm³/mol. The largest absolute Gasteiger partial charge is 0.385 e. The molecule has 118 valence electrons. The first kappa shape index (κ1) is 15.5. The lowest BCUT2D eigenvalue weighted by atomic mass is 9.74. The zero-order valence-electron chi connectivity index (χ0n) is 13.3. The van der Waals surface area contributed by atoms with Crippen molar-refractivity contribution in [3.8, 4) is 6.07 Å². The fraction of sp³-hybridized carbons (Fsp3) is 0.632. The van der Waals surface area contributed by atoms with Crippen molar-refractivity contribution in [3.05, 3.63) is 35.4 Å². The van der Waals surface area contributed by atoms with Gasteiger partial charge in [0.05, 0.1) is 17.2 Å². The number of hydrogen-bond donors (Lipinski definition) is 1. The maximum Gasteiger partial charge on any atom is 0.0991 e. The summed E-state index contributed by atoms with van der Waals surface area (Å²) in [4.78, 5) is 2.58. The van der Waals surface area contributed by atoms with Gasteiger partial charge in [0, 0.05) is 0 Å². The molecule has 1 heterocycles. The van der Waals surface area contributed by atoms with Gasteiger partial charge in [-0.1, -0.05) is 12.1 Å². The first-order valence-electron chi connectivity index (χ1n) is 8.65. The van der Waals surface area contributed by atoms with E-state index in [1.54, 1.807) is 6.07 Å². The number of nitrogens with zero attached hydrogens (tertiary/aromatic N) is 2. The second kappa shape index (κ2) is 6.81. The summed E-state index contributed by atoms with van der Waals surface area (Å²) in [5, 5.41) is 20.0. The molecule has 0 atom stereocenters. The molecule has 0 aromatic heterocycles. The van der Waals surface area contributed by atoms with E-state index in [0.717, 1.165) is 37.2 Å². The molecule has 1 saturated carbocycles. The highest BCUT2D eigenvalue weighted by Crippen LogP contribution is 2.40. The van der Waals surface area contributed by atoms with E-state index in [1.807, 2.05) is 18.2 Å². The minimum absolute atomic E-state index is 0.641. The molecule has 1 saturated heterocycles. The van der Waals surface area contributed by atoms with Gasteiger partial charge >= 0.3 is 0 Å².